The molecule has 29 heavy (non-hydrogen) atoms. The van der Waals surface area contributed by atoms with Gasteiger partial charge in [0.05, 0.1) is 23.6 Å². The molecule has 0 radical (unpaired) electrons. The first-order valence-electron chi connectivity index (χ1n) is 9.96. The van der Waals surface area contributed by atoms with E-state index in [1.54, 1.807) is 0 Å². The second-order valence-electron chi connectivity index (χ2n) is 8.14. The Morgan fingerprint density at radius 1 is 1.14 bits per heavy atom. The minimum absolute atomic E-state index is 0.102. The second-order valence-corrected chi connectivity index (χ2v) is 8.14. The van der Waals surface area contributed by atoms with Crippen molar-refractivity contribution in [3.63, 3.8) is 0 Å². The van der Waals surface area contributed by atoms with Crippen molar-refractivity contribution in [3.05, 3.63) is 74.6 Å². The molecular formula is C24H25NO4. The van der Waals surface area contributed by atoms with Crippen LogP contribution in [0.1, 0.15) is 59.1 Å². The summed E-state index contributed by atoms with van der Waals surface area (Å²) in [6.07, 6.45) is 0.960. The Hall–Kier alpha value is -3.08. The first-order chi connectivity index (χ1) is 13.8. The van der Waals surface area contributed by atoms with E-state index in [1.165, 1.54) is 0 Å². The Bertz CT molecular complexity index is 1160. The van der Waals surface area contributed by atoms with E-state index in [0.29, 0.717) is 29.1 Å². The third-order valence-electron chi connectivity index (χ3n) is 5.28. The monoisotopic (exact) mass is 391 g/mol. The number of aryl methyl sites for hydroxylation is 2. The zero-order valence-electron chi connectivity index (χ0n) is 17.2. The molecule has 1 aromatic heterocycles. The van der Waals surface area contributed by atoms with Crippen LogP contribution in [0.15, 0.2) is 45.6 Å². The summed E-state index contributed by atoms with van der Waals surface area (Å²) in [4.78, 5) is 25.9. The smallest absolute Gasteiger partial charge is 0.288 e. The highest BCUT2D eigenvalue weighted by molar-refractivity contribution is 5.99. The quantitative estimate of drug-likeness (QED) is 0.686. The van der Waals surface area contributed by atoms with Gasteiger partial charge in [0.2, 0.25) is 5.76 Å². The molecular weight excluding hydrogens is 366 g/mol. The van der Waals surface area contributed by atoms with Crippen molar-refractivity contribution in [2.24, 2.45) is 5.92 Å². The molecule has 0 saturated heterocycles. The zero-order valence-corrected chi connectivity index (χ0v) is 17.2. The van der Waals surface area contributed by atoms with Gasteiger partial charge in [0.1, 0.15) is 11.3 Å². The van der Waals surface area contributed by atoms with Crippen molar-refractivity contribution in [2.45, 2.75) is 40.2 Å². The highest BCUT2D eigenvalue weighted by Crippen LogP contribution is 2.33. The third-order valence-corrected chi connectivity index (χ3v) is 5.28. The lowest BCUT2D eigenvalue weighted by Crippen LogP contribution is -2.22. The molecule has 5 heteroatoms. The van der Waals surface area contributed by atoms with Crippen LogP contribution in [0.25, 0.3) is 11.0 Å². The Labute approximate surface area is 169 Å². The van der Waals surface area contributed by atoms with Crippen LogP contribution in [-0.4, -0.2) is 12.5 Å². The number of fused-ring (bicyclic) bond motifs is 2. The van der Waals surface area contributed by atoms with Crippen LogP contribution in [-0.2, 0) is 0 Å². The fraction of sp³-hybridized carbons (Fsp3) is 0.333. The van der Waals surface area contributed by atoms with Crippen LogP contribution in [0.3, 0.4) is 0 Å². The molecule has 0 spiro atoms. The third kappa shape index (κ3) is 3.53. The van der Waals surface area contributed by atoms with Crippen molar-refractivity contribution >= 4 is 16.9 Å². The number of rotatable bonds is 5. The lowest BCUT2D eigenvalue weighted by atomic mass is 9.98. The Morgan fingerprint density at radius 2 is 1.93 bits per heavy atom. The molecule has 0 bridgehead atoms. The summed E-state index contributed by atoms with van der Waals surface area (Å²) in [6, 6.07) is 10.7. The number of carbonyl (C=O) groups excluding carboxylic acids is 1. The maximum absolute atomic E-state index is 13.3. The minimum atomic E-state index is -0.549. The van der Waals surface area contributed by atoms with Crippen molar-refractivity contribution in [3.8, 4) is 5.75 Å². The van der Waals surface area contributed by atoms with Gasteiger partial charge in [-0.15, -0.1) is 0 Å². The van der Waals surface area contributed by atoms with Gasteiger partial charge in [-0.05, 0) is 61.1 Å². The van der Waals surface area contributed by atoms with E-state index < -0.39 is 6.04 Å². The zero-order chi connectivity index (χ0) is 20.7. The highest BCUT2D eigenvalue weighted by Gasteiger charge is 2.36. The molecule has 5 nitrogen and oxygen atoms in total. The molecule has 0 saturated carbocycles. The van der Waals surface area contributed by atoms with Gasteiger partial charge in [-0.3, -0.25) is 9.59 Å². The molecule has 1 unspecified atom stereocenters. The number of ether oxygens (including phenoxy) is 1. The number of benzene rings is 2. The van der Waals surface area contributed by atoms with Crippen LogP contribution in [0.5, 0.6) is 5.75 Å². The van der Waals surface area contributed by atoms with Gasteiger partial charge in [-0.1, -0.05) is 32.0 Å². The molecule has 1 N–H and O–H groups in total. The van der Waals surface area contributed by atoms with Crippen LogP contribution >= 0.6 is 0 Å². The van der Waals surface area contributed by atoms with Crippen LogP contribution in [0, 0.1) is 19.8 Å². The topological polar surface area (TPSA) is 68.5 Å². The average Bonchev–Trinajstić information content (AvgIpc) is 3.00. The minimum Gasteiger partial charge on any atom is -0.494 e. The summed E-state index contributed by atoms with van der Waals surface area (Å²) < 4.78 is 11.8. The van der Waals surface area contributed by atoms with Crippen LogP contribution in [0.2, 0.25) is 0 Å². The van der Waals surface area contributed by atoms with E-state index in [4.69, 9.17) is 9.15 Å². The van der Waals surface area contributed by atoms with Gasteiger partial charge in [0.25, 0.3) is 5.91 Å². The van der Waals surface area contributed by atoms with E-state index in [2.05, 4.69) is 19.2 Å². The molecule has 2 aromatic carbocycles. The van der Waals surface area contributed by atoms with Gasteiger partial charge < -0.3 is 14.5 Å². The Morgan fingerprint density at radius 3 is 2.69 bits per heavy atom. The van der Waals surface area contributed by atoms with Crippen LogP contribution < -0.4 is 15.5 Å². The molecule has 1 aliphatic rings. The van der Waals surface area contributed by atoms with E-state index in [1.807, 2.05) is 50.2 Å². The Kier molecular flexibility index (Phi) is 4.91. The molecule has 0 fully saturated rings. The number of hydrogen-bond donors (Lipinski definition) is 1. The molecule has 4 rings (SSSR count). The molecule has 150 valence electrons. The summed E-state index contributed by atoms with van der Waals surface area (Å²) in [5, 5.41) is 3.41. The molecule has 1 atom stereocenters. The summed E-state index contributed by atoms with van der Waals surface area (Å²) in [5.41, 5.74) is 3.30. The first kappa shape index (κ1) is 19.2. The maximum Gasteiger partial charge on any atom is 0.288 e. The number of nitrogens with one attached hydrogen (secondary N) is 1. The SMILES string of the molecule is Cc1cc(C)c2oc3c(c(=O)c2c1)C(c1cccc(OCCC(C)C)c1)NC3=O. The van der Waals surface area contributed by atoms with Gasteiger partial charge in [0.15, 0.2) is 5.43 Å². The number of amides is 1. The fourth-order valence-electron chi connectivity index (χ4n) is 3.81. The normalized spacial score (nSPS) is 15.6. The summed E-state index contributed by atoms with van der Waals surface area (Å²) in [6.45, 7) is 8.75. The van der Waals surface area contributed by atoms with Crippen molar-refractivity contribution in [1.82, 2.24) is 5.32 Å². The predicted octanol–water partition coefficient (Wildman–Crippen LogP) is 4.67. The maximum atomic E-state index is 13.3. The van der Waals surface area contributed by atoms with Crippen LogP contribution in [0.4, 0.5) is 0 Å². The fourth-order valence-corrected chi connectivity index (χ4v) is 3.81. The molecule has 3 aromatic rings. The molecule has 0 aliphatic carbocycles. The standard InChI is InChI=1S/C24H25NO4/c1-13(2)8-9-28-17-7-5-6-16(12-17)20-19-21(26)18-11-14(3)10-15(4)22(18)29-23(19)24(27)25-20/h5-7,10-13,20H,8-9H2,1-4H3,(H,25,27). The summed E-state index contributed by atoms with van der Waals surface area (Å²) >= 11 is 0. The predicted molar refractivity (Wildman–Crippen MR) is 113 cm³/mol. The summed E-state index contributed by atoms with van der Waals surface area (Å²) in [5.74, 6) is 1.02. The molecule has 2 heterocycles. The second kappa shape index (κ2) is 7.39. The van der Waals surface area contributed by atoms with Crippen molar-refractivity contribution in [1.29, 1.82) is 0 Å². The molecule has 1 aliphatic heterocycles. The van der Waals surface area contributed by atoms with Crippen molar-refractivity contribution < 1.29 is 13.9 Å². The average molecular weight is 391 g/mol. The lowest BCUT2D eigenvalue weighted by Gasteiger charge is -2.14. The van der Waals surface area contributed by atoms with E-state index in [-0.39, 0.29) is 17.1 Å². The van der Waals surface area contributed by atoms with Gasteiger partial charge in [-0.25, -0.2) is 0 Å². The van der Waals surface area contributed by atoms with E-state index >= 15 is 0 Å². The van der Waals surface area contributed by atoms with Crippen molar-refractivity contribution in [2.75, 3.05) is 6.61 Å². The van der Waals surface area contributed by atoms with E-state index in [9.17, 15) is 9.59 Å². The summed E-state index contributed by atoms with van der Waals surface area (Å²) in [7, 11) is 0. The Balaban J connectivity index is 1.77. The first-order valence-corrected chi connectivity index (χ1v) is 9.96. The van der Waals surface area contributed by atoms with Gasteiger partial charge in [-0.2, -0.15) is 0 Å². The van der Waals surface area contributed by atoms with Gasteiger partial charge in [0, 0.05) is 0 Å². The van der Waals surface area contributed by atoms with Gasteiger partial charge >= 0.3 is 0 Å². The molecule has 1 amide bonds. The number of hydrogen-bond acceptors (Lipinski definition) is 4. The highest BCUT2D eigenvalue weighted by atomic mass is 16.5. The van der Waals surface area contributed by atoms with E-state index in [0.717, 1.165) is 28.9 Å². The lowest BCUT2D eigenvalue weighted by molar-refractivity contribution is 0.0937. The number of carbonyl (C=O) groups is 1. The largest absolute Gasteiger partial charge is 0.494 e.